The second-order valence-corrected chi connectivity index (χ2v) is 5.86. The first-order valence-electron chi connectivity index (χ1n) is 6.54. The van der Waals surface area contributed by atoms with Crippen molar-refractivity contribution in [1.82, 2.24) is 5.32 Å². The van der Waals surface area contributed by atoms with Gasteiger partial charge in [-0.3, -0.25) is 4.79 Å². The summed E-state index contributed by atoms with van der Waals surface area (Å²) in [6, 6.07) is 7.84. The number of fused-ring (bicyclic) bond motifs is 1. The average Bonchev–Trinajstić information content (AvgIpc) is 2.94. The first-order valence-corrected chi connectivity index (χ1v) is 7.33. The molecule has 0 unspecified atom stereocenters. The van der Waals surface area contributed by atoms with E-state index < -0.39 is 11.6 Å². The molecule has 1 heterocycles. The second-order valence-electron chi connectivity index (χ2n) is 5.01. The van der Waals surface area contributed by atoms with E-state index in [0.717, 1.165) is 30.3 Å². The molecule has 0 bridgehead atoms. The van der Waals surface area contributed by atoms with E-state index in [1.165, 1.54) is 6.07 Å². The lowest BCUT2D eigenvalue weighted by Gasteiger charge is -2.07. The summed E-state index contributed by atoms with van der Waals surface area (Å²) in [5.41, 5.74) is 2.51. The molecule has 0 radical (unpaired) electrons. The lowest BCUT2D eigenvalue weighted by molar-refractivity contribution is 0.0990. The number of hydrogen-bond donors (Lipinski definition) is 1. The van der Waals surface area contributed by atoms with Gasteiger partial charge in [0.05, 0.1) is 4.47 Å². The van der Waals surface area contributed by atoms with E-state index in [-0.39, 0.29) is 22.2 Å². The van der Waals surface area contributed by atoms with Crippen LogP contribution < -0.4 is 5.32 Å². The first-order chi connectivity index (χ1) is 10.1. The summed E-state index contributed by atoms with van der Waals surface area (Å²) in [5, 5.41) is 3.19. The molecule has 0 amide bonds. The fourth-order valence-electron chi connectivity index (χ4n) is 2.46. The van der Waals surface area contributed by atoms with Gasteiger partial charge in [-0.1, -0.05) is 12.1 Å². The summed E-state index contributed by atoms with van der Waals surface area (Å²) in [4.78, 5) is 12.3. The number of benzene rings is 2. The van der Waals surface area contributed by atoms with Crippen molar-refractivity contribution in [2.24, 2.45) is 0 Å². The number of hydrogen-bond acceptors (Lipinski definition) is 2. The molecule has 1 aliphatic rings. The molecule has 0 fully saturated rings. The summed E-state index contributed by atoms with van der Waals surface area (Å²) < 4.78 is 27.8. The van der Waals surface area contributed by atoms with Crippen molar-refractivity contribution in [2.45, 2.75) is 19.5 Å². The maximum absolute atomic E-state index is 13.9. The fourth-order valence-corrected chi connectivity index (χ4v) is 2.83. The van der Waals surface area contributed by atoms with Gasteiger partial charge in [0.25, 0.3) is 0 Å². The molecule has 21 heavy (non-hydrogen) atoms. The number of rotatable bonds is 3. The van der Waals surface area contributed by atoms with Crippen molar-refractivity contribution in [1.29, 1.82) is 0 Å². The number of halogens is 3. The molecule has 0 saturated heterocycles. The molecule has 3 rings (SSSR count). The molecule has 1 N–H and O–H groups in total. The van der Waals surface area contributed by atoms with E-state index >= 15 is 0 Å². The molecule has 108 valence electrons. The Labute approximate surface area is 129 Å². The van der Waals surface area contributed by atoms with E-state index in [1.807, 2.05) is 6.07 Å². The molecule has 2 nitrogen and oxygen atoms in total. The Morgan fingerprint density at radius 2 is 1.90 bits per heavy atom. The van der Waals surface area contributed by atoms with Gasteiger partial charge in [-0.15, -0.1) is 0 Å². The number of nitrogens with one attached hydrogen (secondary N) is 1. The Bertz CT molecular complexity index is 730. The monoisotopic (exact) mass is 351 g/mol. The molecule has 1 aliphatic heterocycles. The van der Waals surface area contributed by atoms with Crippen molar-refractivity contribution >= 4 is 21.7 Å². The Balaban J connectivity index is 1.89. The first kappa shape index (κ1) is 14.4. The van der Waals surface area contributed by atoms with Crippen LogP contribution >= 0.6 is 15.9 Å². The van der Waals surface area contributed by atoms with Crippen molar-refractivity contribution in [3.05, 3.63) is 68.7 Å². The Morgan fingerprint density at radius 3 is 2.71 bits per heavy atom. The molecule has 5 heteroatoms. The van der Waals surface area contributed by atoms with Crippen LogP contribution in [0.1, 0.15) is 27.0 Å². The molecular weight excluding hydrogens is 340 g/mol. The van der Waals surface area contributed by atoms with Gasteiger partial charge in [0.15, 0.2) is 5.78 Å². The van der Waals surface area contributed by atoms with E-state index in [4.69, 9.17) is 0 Å². The van der Waals surface area contributed by atoms with Crippen LogP contribution in [0.25, 0.3) is 0 Å². The molecule has 0 spiro atoms. The highest BCUT2D eigenvalue weighted by molar-refractivity contribution is 9.10. The van der Waals surface area contributed by atoms with Crippen molar-refractivity contribution in [2.75, 3.05) is 0 Å². The average molecular weight is 352 g/mol. The maximum Gasteiger partial charge on any atom is 0.167 e. The van der Waals surface area contributed by atoms with Crippen LogP contribution in [0.15, 0.2) is 34.8 Å². The minimum Gasteiger partial charge on any atom is -0.309 e. The van der Waals surface area contributed by atoms with Gasteiger partial charge in [-0.2, -0.15) is 0 Å². The smallest absolute Gasteiger partial charge is 0.167 e. The largest absolute Gasteiger partial charge is 0.309 e. The van der Waals surface area contributed by atoms with Crippen molar-refractivity contribution in [3.8, 4) is 0 Å². The van der Waals surface area contributed by atoms with Gasteiger partial charge in [0.2, 0.25) is 0 Å². The van der Waals surface area contributed by atoms with Crippen LogP contribution in [0.4, 0.5) is 8.78 Å². The Morgan fingerprint density at radius 1 is 1.14 bits per heavy atom. The van der Waals surface area contributed by atoms with Crippen molar-refractivity contribution in [3.63, 3.8) is 0 Å². The normalized spacial score (nSPS) is 13.3. The number of ketones is 1. The standard InChI is InChI=1S/C16H12BrF2NO/c17-13-3-4-14(18)12(16(13)19)6-15(21)9-1-2-10-7-20-8-11(10)5-9/h1-5,20H,6-8H2. The molecule has 0 saturated carbocycles. The molecule has 2 aromatic carbocycles. The lowest BCUT2D eigenvalue weighted by Crippen LogP contribution is -2.08. The summed E-state index contributed by atoms with van der Waals surface area (Å²) in [5.74, 6) is -1.71. The zero-order valence-electron chi connectivity index (χ0n) is 11.1. The summed E-state index contributed by atoms with van der Waals surface area (Å²) in [6.07, 6.45) is -0.288. The third-order valence-corrected chi connectivity index (χ3v) is 4.25. The molecule has 0 aliphatic carbocycles. The lowest BCUT2D eigenvalue weighted by atomic mass is 9.99. The SMILES string of the molecule is O=C(Cc1c(F)ccc(Br)c1F)c1ccc2c(c1)CNC2. The van der Waals surface area contributed by atoms with Gasteiger partial charge in [0.1, 0.15) is 11.6 Å². The Kier molecular flexibility index (Phi) is 3.87. The van der Waals surface area contributed by atoms with Crippen LogP contribution in [0, 0.1) is 11.6 Å². The number of carbonyl (C=O) groups is 1. The summed E-state index contributed by atoms with van der Waals surface area (Å²) >= 11 is 3.01. The third kappa shape index (κ3) is 2.76. The zero-order valence-corrected chi connectivity index (χ0v) is 12.6. The van der Waals surface area contributed by atoms with Crippen LogP contribution in [0.5, 0.6) is 0 Å². The zero-order chi connectivity index (χ0) is 15.0. The number of Topliss-reactive ketones (excluding diaryl/α,β-unsaturated/α-hetero) is 1. The van der Waals surface area contributed by atoms with Crippen molar-refractivity contribution < 1.29 is 13.6 Å². The minimum absolute atomic E-state index is 0.157. The predicted octanol–water partition coefficient (Wildman–Crippen LogP) is 3.76. The highest BCUT2D eigenvalue weighted by Crippen LogP contribution is 2.24. The highest BCUT2D eigenvalue weighted by atomic mass is 79.9. The van der Waals surface area contributed by atoms with Crippen LogP contribution in [0.2, 0.25) is 0 Å². The quantitative estimate of drug-likeness (QED) is 0.673. The van der Waals surface area contributed by atoms with Gasteiger partial charge in [-0.05, 0) is 45.3 Å². The van der Waals surface area contributed by atoms with Gasteiger partial charge in [-0.25, -0.2) is 8.78 Å². The van der Waals surface area contributed by atoms with E-state index in [1.54, 1.807) is 12.1 Å². The second kappa shape index (κ2) is 5.66. The third-order valence-electron chi connectivity index (χ3n) is 3.64. The van der Waals surface area contributed by atoms with Crippen LogP contribution in [-0.4, -0.2) is 5.78 Å². The topological polar surface area (TPSA) is 29.1 Å². The summed E-state index contributed by atoms with van der Waals surface area (Å²) in [6.45, 7) is 1.51. The number of carbonyl (C=O) groups excluding carboxylic acids is 1. The predicted molar refractivity (Wildman–Crippen MR) is 79.1 cm³/mol. The Hall–Kier alpha value is -1.59. The fraction of sp³-hybridized carbons (Fsp3) is 0.188. The van der Waals surface area contributed by atoms with Crippen LogP contribution in [-0.2, 0) is 19.5 Å². The van der Waals surface area contributed by atoms with E-state index in [0.29, 0.717) is 5.56 Å². The van der Waals surface area contributed by atoms with Crippen LogP contribution in [0.3, 0.4) is 0 Å². The highest BCUT2D eigenvalue weighted by Gasteiger charge is 2.18. The minimum atomic E-state index is -0.717. The van der Waals surface area contributed by atoms with Gasteiger partial charge in [0, 0.05) is 30.6 Å². The maximum atomic E-state index is 13.9. The van der Waals surface area contributed by atoms with Gasteiger partial charge >= 0.3 is 0 Å². The molecular formula is C16H12BrF2NO. The molecule has 0 aromatic heterocycles. The summed E-state index contributed by atoms with van der Waals surface area (Å²) in [7, 11) is 0. The van der Waals surface area contributed by atoms with E-state index in [9.17, 15) is 13.6 Å². The molecule has 2 aromatic rings. The van der Waals surface area contributed by atoms with E-state index in [2.05, 4.69) is 21.2 Å². The van der Waals surface area contributed by atoms with Gasteiger partial charge < -0.3 is 5.32 Å². The molecule has 0 atom stereocenters.